The van der Waals surface area contributed by atoms with E-state index in [-0.39, 0.29) is 28.1 Å². The molecule has 1 saturated heterocycles. The van der Waals surface area contributed by atoms with Crippen LogP contribution < -0.4 is 5.32 Å². The number of carboxylic acids is 1. The van der Waals surface area contributed by atoms with Gasteiger partial charge in [-0.05, 0) is 11.4 Å². The SMILES string of the molecule is CC(=O)OCC1=C(C(=O)O)N2C(=O)C(NC(=O)C(=C(Cl)Cl)c3cccs3)[C@H]2SC1. The number of esters is 1. The van der Waals surface area contributed by atoms with Gasteiger partial charge < -0.3 is 15.2 Å². The number of ether oxygens (including phenoxy) is 1. The smallest absolute Gasteiger partial charge is 0.352 e. The lowest BCUT2D eigenvalue weighted by atomic mass is 10.0. The molecular weight excluding hydrogens is 463 g/mol. The van der Waals surface area contributed by atoms with Crippen LogP contribution >= 0.6 is 46.3 Å². The highest BCUT2D eigenvalue weighted by Gasteiger charge is 2.54. The second-order valence-corrected chi connectivity index (χ2v) is 9.01. The number of halogens is 2. The molecule has 8 nitrogen and oxygen atoms in total. The number of hydrogen-bond donors (Lipinski definition) is 2. The average Bonchev–Trinajstić information content (AvgIpc) is 3.17. The Morgan fingerprint density at radius 2 is 2.10 bits per heavy atom. The molecule has 154 valence electrons. The highest BCUT2D eigenvalue weighted by atomic mass is 35.5. The first kappa shape index (κ1) is 21.7. The molecule has 1 aromatic heterocycles. The van der Waals surface area contributed by atoms with Crippen LogP contribution in [0.25, 0.3) is 5.57 Å². The van der Waals surface area contributed by atoms with E-state index in [2.05, 4.69) is 5.32 Å². The highest BCUT2D eigenvalue weighted by Crippen LogP contribution is 2.41. The third-order valence-electron chi connectivity index (χ3n) is 4.17. The van der Waals surface area contributed by atoms with E-state index in [1.165, 1.54) is 30.0 Å². The molecule has 1 fully saturated rings. The molecule has 1 unspecified atom stereocenters. The van der Waals surface area contributed by atoms with Crippen LogP contribution in [0.5, 0.6) is 0 Å². The van der Waals surface area contributed by atoms with E-state index in [1.807, 2.05) is 0 Å². The van der Waals surface area contributed by atoms with Gasteiger partial charge in [-0.25, -0.2) is 4.79 Å². The third-order valence-corrected chi connectivity index (χ3v) is 6.77. The predicted octanol–water partition coefficient (Wildman–Crippen LogP) is 2.20. The maximum atomic E-state index is 12.7. The maximum Gasteiger partial charge on any atom is 0.352 e. The van der Waals surface area contributed by atoms with Gasteiger partial charge in [-0.15, -0.1) is 23.1 Å². The lowest BCUT2D eigenvalue weighted by Gasteiger charge is -2.49. The van der Waals surface area contributed by atoms with Gasteiger partial charge in [0.2, 0.25) is 0 Å². The van der Waals surface area contributed by atoms with E-state index >= 15 is 0 Å². The number of thiophene rings is 1. The fourth-order valence-corrected chi connectivity index (χ4v) is 5.50. The molecule has 0 aromatic carbocycles. The molecule has 3 rings (SSSR count). The quantitative estimate of drug-likeness (QED) is 0.367. The zero-order chi connectivity index (χ0) is 21.3. The van der Waals surface area contributed by atoms with Crippen molar-refractivity contribution >= 4 is 75.6 Å². The molecule has 3 heterocycles. The first-order valence-electron chi connectivity index (χ1n) is 8.15. The van der Waals surface area contributed by atoms with Crippen molar-refractivity contribution in [2.45, 2.75) is 18.3 Å². The minimum Gasteiger partial charge on any atom is -0.477 e. The van der Waals surface area contributed by atoms with Crippen molar-refractivity contribution in [2.75, 3.05) is 12.4 Å². The number of nitrogens with one attached hydrogen (secondary N) is 1. The minimum atomic E-state index is -1.31. The molecule has 2 aliphatic heterocycles. The number of thioether (sulfide) groups is 1. The second-order valence-electron chi connectivity index (χ2n) is 6.01. The molecule has 1 aromatic rings. The van der Waals surface area contributed by atoms with Gasteiger partial charge in [0, 0.05) is 23.1 Å². The Labute approximate surface area is 183 Å². The van der Waals surface area contributed by atoms with Crippen molar-refractivity contribution in [2.24, 2.45) is 0 Å². The number of β-lactam (4-membered cyclic amide) rings is 1. The molecule has 2 amide bonds. The Hall–Kier alpha value is -2.01. The van der Waals surface area contributed by atoms with E-state index in [0.29, 0.717) is 10.5 Å². The Morgan fingerprint density at radius 1 is 1.38 bits per heavy atom. The number of rotatable bonds is 6. The Kier molecular flexibility index (Phi) is 6.57. The molecule has 2 N–H and O–H groups in total. The van der Waals surface area contributed by atoms with E-state index in [1.54, 1.807) is 17.5 Å². The zero-order valence-corrected chi connectivity index (χ0v) is 18.0. The minimum absolute atomic E-state index is 0.0416. The van der Waals surface area contributed by atoms with Crippen molar-refractivity contribution in [3.05, 3.63) is 38.2 Å². The Bertz CT molecular complexity index is 940. The number of amides is 2. The molecule has 29 heavy (non-hydrogen) atoms. The van der Waals surface area contributed by atoms with Gasteiger partial charge in [0.05, 0.1) is 5.57 Å². The lowest BCUT2D eigenvalue weighted by Crippen LogP contribution is -2.70. The topological polar surface area (TPSA) is 113 Å². The van der Waals surface area contributed by atoms with Crippen LogP contribution in [0.2, 0.25) is 0 Å². The number of hydrogen-bond acceptors (Lipinski definition) is 7. The number of fused-ring (bicyclic) bond motifs is 1. The Balaban J connectivity index is 1.79. The molecule has 0 spiro atoms. The van der Waals surface area contributed by atoms with Crippen LogP contribution in [-0.2, 0) is 23.9 Å². The van der Waals surface area contributed by atoms with E-state index in [9.17, 15) is 24.3 Å². The lowest BCUT2D eigenvalue weighted by molar-refractivity contribution is -0.150. The van der Waals surface area contributed by atoms with Crippen LogP contribution in [-0.4, -0.2) is 57.5 Å². The second kappa shape index (κ2) is 8.78. The van der Waals surface area contributed by atoms with Crippen LogP contribution in [0.15, 0.2) is 33.3 Å². The summed E-state index contributed by atoms with van der Waals surface area (Å²) in [5, 5.41) is 13.3. The van der Waals surface area contributed by atoms with Gasteiger partial charge in [0.1, 0.15) is 28.2 Å². The molecule has 0 saturated carbocycles. The van der Waals surface area contributed by atoms with Crippen molar-refractivity contribution in [1.29, 1.82) is 0 Å². The summed E-state index contributed by atoms with van der Waals surface area (Å²) in [4.78, 5) is 49.6. The maximum absolute atomic E-state index is 12.7. The summed E-state index contributed by atoms with van der Waals surface area (Å²) in [5.41, 5.74) is 0.130. The standard InChI is InChI=1S/C17H14Cl2N2O6S2/c1-7(22)27-5-8-6-29-16-11(15(24)21(16)12(8)17(25)26)20-14(23)10(13(18)19)9-3-2-4-28-9/h2-4,11,16H,5-6H2,1H3,(H,20,23)(H,25,26)/t11?,16-/m1/s1. The van der Waals surface area contributed by atoms with Crippen molar-refractivity contribution in [3.63, 3.8) is 0 Å². The summed E-state index contributed by atoms with van der Waals surface area (Å²) in [7, 11) is 0. The van der Waals surface area contributed by atoms with E-state index < -0.39 is 35.2 Å². The number of carbonyl (C=O) groups excluding carboxylic acids is 3. The summed E-state index contributed by atoms with van der Waals surface area (Å²) >= 11 is 14.2. The van der Waals surface area contributed by atoms with Crippen molar-refractivity contribution in [3.8, 4) is 0 Å². The normalized spacial score (nSPS) is 20.5. The predicted molar refractivity (Wildman–Crippen MR) is 109 cm³/mol. The summed E-state index contributed by atoms with van der Waals surface area (Å²) in [6.07, 6.45) is 0. The number of carboxylic acid groups (broad SMARTS) is 1. The van der Waals surface area contributed by atoms with Crippen molar-refractivity contribution in [1.82, 2.24) is 10.2 Å². The molecular formula is C17H14Cl2N2O6S2. The van der Waals surface area contributed by atoms with Gasteiger partial charge >= 0.3 is 11.9 Å². The van der Waals surface area contributed by atoms with Gasteiger partial charge in [-0.2, -0.15) is 0 Å². The van der Waals surface area contributed by atoms with Crippen LogP contribution in [0, 0.1) is 0 Å². The fraction of sp³-hybridized carbons (Fsp3) is 0.294. The molecule has 2 atom stereocenters. The summed E-state index contributed by atoms with van der Waals surface area (Å²) in [6, 6.07) is 2.47. The number of nitrogens with zero attached hydrogens (tertiary/aromatic N) is 1. The van der Waals surface area contributed by atoms with Crippen LogP contribution in [0.3, 0.4) is 0 Å². The van der Waals surface area contributed by atoms with Gasteiger partial charge in [0.15, 0.2) is 0 Å². The summed E-state index contributed by atoms with van der Waals surface area (Å²) in [6.45, 7) is 0.992. The summed E-state index contributed by atoms with van der Waals surface area (Å²) < 4.78 is 4.64. The molecule has 0 radical (unpaired) electrons. The van der Waals surface area contributed by atoms with Crippen molar-refractivity contribution < 1.29 is 29.0 Å². The van der Waals surface area contributed by atoms with Crippen LogP contribution in [0.4, 0.5) is 0 Å². The number of carbonyl (C=O) groups is 4. The molecule has 0 bridgehead atoms. The largest absolute Gasteiger partial charge is 0.477 e. The van der Waals surface area contributed by atoms with Gasteiger partial charge in [-0.3, -0.25) is 19.3 Å². The molecule has 2 aliphatic rings. The zero-order valence-electron chi connectivity index (χ0n) is 14.8. The van der Waals surface area contributed by atoms with E-state index in [4.69, 9.17) is 27.9 Å². The van der Waals surface area contributed by atoms with E-state index in [0.717, 1.165) is 4.90 Å². The van der Waals surface area contributed by atoms with Crippen LogP contribution in [0.1, 0.15) is 11.8 Å². The monoisotopic (exact) mass is 476 g/mol. The number of aliphatic carboxylic acids is 1. The first-order valence-corrected chi connectivity index (χ1v) is 10.8. The average molecular weight is 477 g/mol. The third kappa shape index (κ3) is 4.30. The molecule has 0 aliphatic carbocycles. The first-order chi connectivity index (χ1) is 13.7. The van der Waals surface area contributed by atoms with Gasteiger partial charge in [-0.1, -0.05) is 29.3 Å². The molecule has 12 heteroatoms. The van der Waals surface area contributed by atoms with Gasteiger partial charge in [0.25, 0.3) is 11.8 Å². The Morgan fingerprint density at radius 3 is 2.66 bits per heavy atom. The highest BCUT2D eigenvalue weighted by molar-refractivity contribution is 8.00. The fourth-order valence-electron chi connectivity index (χ4n) is 2.91. The summed E-state index contributed by atoms with van der Waals surface area (Å²) in [5.74, 6) is -2.83.